The highest BCUT2D eigenvalue weighted by molar-refractivity contribution is 6.28. The third-order valence-electron chi connectivity index (χ3n) is 0.143. The van der Waals surface area contributed by atoms with E-state index in [1.807, 2.05) is 0 Å². The van der Waals surface area contributed by atoms with Crippen LogP contribution in [0.4, 0.5) is 13.2 Å². The summed E-state index contributed by atoms with van der Waals surface area (Å²) in [6.45, 7) is 0. The lowest BCUT2D eigenvalue weighted by atomic mass is 11.1. The molecule has 0 aliphatic carbocycles. The van der Waals surface area contributed by atoms with Gasteiger partial charge in [0.1, 0.15) is 0 Å². The molecule has 0 aliphatic rings. The van der Waals surface area contributed by atoms with Gasteiger partial charge in [0.2, 0.25) is 0 Å². The smallest absolute Gasteiger partial charge is 0.317 e. The number of hydrogen-bond donors (Lipinski definition) is 0. The zero-order valence-corrected chi connectivity index (χ0v) is 3.77. The first kappa shape index (κ1) is 9.91. The summed E-state index contributed by atoms with van der Waals surface area (Å²) >= 11 is 4.08. The highest BCUT2D eigenvalue weighted by atomic mass is 35.5. The first-order chi connectivity index (χ1) is 2.64. The molecule has 0 spiro atoms. The van der Waals surface area contributed by atoms with Crippen molar-refractivity contribution in [2.45, 2.75) is 0 Å². The van der Waals surface area contributed by atoms with Crippen LogP contribution in [0.1, 0.15) is 0 Å². The molecule has 0 aliphatic heterocycles. The molecule has 0 aromatic heterocycles. The van der Waals surface area contributed by atoms with Crippen LogP contribution in [-0.4, -0.2) is 5.48 Å². The van der Waals surface area contributed by atoms with E-state index in [9.17, 15) is 13.2 Å². The molecule has 0 saturated carbocycles. The second-order valence-corrected chi connectivity index (χ2v) is 0.853. The summed E-state index contributed by atoms with van der Waals surface area (Å²) in [5.41, 5.74) is 0. The number of rotatable bonds is 0. The molecule has 0 amide bonds. The average Bonchev–Trinajstić information content (AvgIpc) is 1.36. The van der Waals surface area contributed by atoms with Crippen LogP contribution in [0.25, 0.3) is 0 Å². The fourth-order valence-corrected chi connectivity index (χ4v) is 0. The maximum absolute atomic E-state index is 10.7. The third-order valence-corrected chi connectivity index (χ3v) is 0.286. The summed E-state index contributed by atoms with van der Waals surface area (Å²) in [7, 11) is 0. The van der Waals surface area contributed by atoms with Gasteiger partial charge in [-0.15, -0.1) is 0 Å². The molecule has 0 aromatic rings. The number of halogens is 4. The van der Waals surface area contributed by atoms with Crippen LogP contribution in [-0.2, 0) is 0 Å². The lowest BCUT2D eigenvalue weighted by Crippen LogP contribution is -1.54. The zero-order valence-electron chi connectivity index (χ0n) is 3.01. The van der Waals surface area contributed by atoms with Gasteiger partial charge in [0.15, 0.2) is 0 Å². The normalized spacial score (nSPS) is 6.86. The van der Waals surface area contributed by atoms with E-state index in [1.165, 1.54) is 0 Å². The fraction of sp³-hybridized carbons (Fsp3) is 0. The Hall–Kier alpha value is -0.220. The van der Waals surface area contributed by atoms with Crippen LogP contribution in [0.5, 0.6) is 0 Å². The highest BCUT2D eigenvalue weighted by Crippen LogP contribution is 2.11. The third kappa shape index (κ3) is 5.78. The first-order valence-corrected chi connectivity index (χ1v) is 1.38. The maximum Gasteiger partial charge on any atom is 0.317 e. The molecule has 0 rings (SSSR count). The van der Waals surface area contributed by atoms with Gasteiger partial charge in [0, 0.05) is 0 Å². The second-order valence-electron chi connectivity index (χ2n) is 0.521. The molecule has 1 nitrogen and oxygen atoms in total. The van der Waals surface area contributed by atoms with Crippen molar-refractivity contribution in [3.05, 3.63) is 11.4 Å². The molecular weight excluding hydrogens is 132 g/mol. The summed E-state index contributed by atoms with van der Waals surface area (Å²) in [6.07, 6.45) is -2.48. The largest absolute Gasteiger partial charge is 0.412 e. The van der Waals surface area contributed by atoms with Gasteiger partial charge < -0.3 is 5.48 Å². The van der Waals surface area contributed by atoms with Crippen molar-refractivity contribution >= 4 is 11.6 Å². The lowest BCUT2D eigenvalue weighted by molar-refractivity contribution is 0.393. The minimum absolute atomic E-state index is 0. The van der Waals surface area contributed by atoms with Gasteiger partial charge in [-0.1, -0.05) is 0 Å². The Kier molecular flexibility index (Phi) is 5.60. The second kappa shape index (κ2) is 3.95. The molecule has 0 saturated heterocycles. The first-order valence-electron chi connectivity index (χ1n) is 1.01. The Labute approximate surface area is 42.7 Å². The molecule has 5 heteroatoms. The Morgan fingerprint density at radius 3 is 1.29 bits per heavy atom. The summed E-state index contributed by atoms with van der Waals surface area (Å²) < 4.78 is 31.8. The molecule has 0 radical (unpaired) electrons. The predicted octanol–water partition coefficient (Wildman–Crippen LogP) is 1.44. The van der Waals surface area contributed by atoms with Crippen LogP contribution >= 0.6 is 11.6 Å². The number of hydrogen-bond acceptors (Lipinski definition) is 0. The Morgan fingerprint density at radius 1 is 1.14 bits per heavy atom. The molecule has 0 atom stereocenters. The van der Waals surface area contributed by atoms with Crippen molar-refractivity contribution in [2.24, 2.45) is 0 Å². The molecule has 0 fully saturated rings. The van der Waals surface area contributed by atoms with Crippen molar-refractivity contribution in [1.29, 1.82) is 0 Å². The van der Waals surface area contributed by atoms with Crippen LogP contribution in [0.15, 0.2) is 11.4 Å². The van der Waals surface area contributed by atoms with Crippen molar-refractivity contribution in [2.75, 3.05) is 0 Å². The molecule has 0 unspecified atom stereocenters. The summed E-state index contributed by atoms with van der Waals surface area (Å²) in [6, 6.07) is 0. The van der Waals surface area contributed by atoms with Crippen LogP contribution in [0, 0.1) is 0 Å². The monoisotopic (exact) mass is 134 g/mol. The van der Waals surface area contributed by atoms with Crippen molar-refractivity contribution in [3.8, 4) is 0 Å². The van der Waals surface area contributed by atoms with Crippen molar-refractivity contribution < 1.29 is 18.6 Å². The Bertz CT molecular complexity index is 63.0. The van der Waals surface area contributed by atoms with Crippen LogP contribution in [0.3, 0.4) is 0 Å². The van der Waals surface area contributed by atoms with E-state index < -0.39 is 11.4 Å². The summed E-state index contributed by atoms with van der Waals surface area (Å²) in [4.78, 5) is 0. The SMILES string of the molecule is FC(F)=C(F)Cl.O. The van der Waals surface area contributed by atoms with E-state index in [-0.39, 0.29) is 5.48 Å². The topological polar surface area (TPSA) is 31.5 Å². The van der Waals surface area contributed by atoms with Gasteiger partial charge >= 0.3 is 6.08 Å². The van der Waals surface area contributed by atoms with E-state index in [2.05, 4.69) is 11.6 Å². The van der Waals surface area contributed by atoms with Crippen LogP contribution < -0.4 is 0 Å². The van der Waals surface area contributed by atoms with Gasteiger partial charge in [-0.2, -0.15) is 13.2 Å². The maximum atomic E-state index is 10.7. The molecule has 44 valence electrons. The predicted molar refractivity (Wildman–Crippen MR) is 19.8 cm³/mol. The fourth-order valence-electron chi connectivity index (χ4n) is 0. The lowest BCUT2D eigenvalue weighted by Gasteiger charge is -1.70. The summed E-state index contributed by atoms with van der Waals surface area (Å²) in [5, 5.41) is -1.94. The Balaban J connectivity index is 0. The van der Waals surface area contributed by atoms with E-state index >= 15 is 0 Å². The van der Waals surface area contributed by atoms with E-state index in [0.717, 1.165) is 0 Å². The molecule has 0 bridgehead atoms. The molecular formula is C2H2ClF3O. The van der Waals surface area contributed by atoms with Gasteiger partial charge in [0.05, 0.1) is 0 Å². The molecule has 7 heavy (non-hydrogen) atoms. The zero-order chi connectivity index (χ0) is 5.15. The van der Waals surface area contributed by atoms with Gasteiger partial charge in [-0.05, 0) is 11.6 Å². The van der Waals surface area contributed by atoms with E-state index in [0.29, 0.717) is 0 Å². The molecule has 0 aromatic carbocycles. The van der Waals surface area contributed by atoms with Gasteiger partial charge in [-0.25, -0.2) is 0 Å². The highest BCUT2D eigenvalue weighted by Gasteiger charge is 1.95. The van der Waals surface area contributed by atoms with Crippen LogP contribution in [0.2, 0.25) is 0 Å². The van der Waals surface area contributed by atoms with Crippen molar-refractivity contribution in [3.63, 3.8) is 0 Å². The van der Waals surface area contributed by atoms with Gasteiger partial charge in [-0.3, -0.25) is 0 Å². The average molecular weight is 134 g/mol. The summed E-state index contributed by atoms with van der Waals surface area (Å²) in [5.74, 6) is 0. The minimum atomic E-state index is -2.48. The van der Waals surface area contributed by atoms with E-state index in [1.54, 1.807) is 0 Å². The Morgan fingerprint density at radius 2 is 1.29 bits per heavy atom. The quantitative estimate of drug-likeness (QED) is 0.480. The standard InChI is InChI=1S/C2ClF3.H2O/c3-1(4)2(5)6;/h;1H2. The van der Waals surface area contributed by atoms with E-state index in [4.69, 9.17) is 0 Å². The molecule has 2 N–H and O–H groups in total. The molecule has 0 heterocycles. The van der Waals surface area contributed by atoms with Crippen molar-refractivity contribution in [1.82, 2.24) is 0 Å². The van der Waals surface area contributed by atoms with Gasteiger partial charge in [0.25, 0.3) is 5.29 Å². The minimum Gasteiger partial charge on any atom is -0.412 e.